The highest BCUT2D eigenvalue weighted by atomic mass is 127. The van der Waals surface area contributed by atoms with Crippen molar-refractivity contribution in [2.45, 2.75) is 0 Å². The Morgan fingerprint density at radius 2 is 1.64 bits per heavy atom. The van der Waals surface area contributed by atoms with Crippen molar-refractivity contribution in [1.82, 2.24) is 0 Å². The molecule has 6 nitrogen and oxygen atoms in total. The summed E-state index contributed by atoms with van der Waals surface area (Å²) in [6.45, 7) is 3.61. The SMILES string of the molecule is C=Cc1cc(O)c(C(=O)OCCOc2c(I)cc(I)c(C(=O)O)c2I)c(I)c1. The van der Waals surface area contributed by atoms with Crippen LogP contribution in [0.1, 0.15) is 26.3 Å². The molecule has 0 saturated carbocycles. The summed E-state index contributed by atoms with van der Waals surface area (Å²) in [5, 5.41) is 19.4. The first-order valence-electron chi connectivity index (χ1n) is 7.53. The molecule has 0 heterocycles. The van der Waals surface area contributed by atoms with Crippen molar-refractivity contribution in [2.75, 3.05) is 13.2 Å². The number of halogens is 4. The number of rotatable bonds is 7. The molecule has 2 aromatic carbocycles. The molecule has 0 aliphatic rings. The third kappa shape index (κ3) is 5.62. The van der Waals surface area contributed by atoms with Crippen LogP contribution in [0.5, 0.6) is 11.5 Å². The van der Waals surface area contributed by atoms with E-state index < -0.39 is 11.9 Å². The van der Waals surface area contributed by atoms with Gasteiger partial charge in [-0.1, -0.05) is 12.7 Å². The maximum absolute atomic E-state index is 12.3. The van der Waals surface area contributed by atoms with Gasteiger partial charge < -0.3 is 19.7 Å². The lowest BCUT2D eigenvalue weighted by Crippen LogP contribution is -2.15. The van der Waals surface area contributed by atoms with Gasteiger partial charge in [0.2, 0.25) is 0 Å². The second-order valence-corrected chi connectivity index (χ2v) is 9.81. The number of phenolic OH excluding ortho intramolecular Hbond substituents is 1. The van der Waals surface area contributed by atoms with Gasteiger partial charge in [0, 0.05) is 7.14 Å². The van der Waals surface area contributed by atoms with E-state index in [-0.39, 0.29) is 30.1 Å². The maximum Gasteiger partial charge on any atom is 0.343 e. The van der Waals surface area contributed by atoms with E-state index in [1.165, 1.54) is 6.07 Å². The van der Waals surface area contributed by atoms with E-state index in [0.29, 0.717) is 22.0 Å². The second-order valence-electron chi connectivity index (χ2n) is 5.25. The van der Waals surface area contributed by atoms with Crippen LogP contribution in [0.2, 0.25) is 0 Å². The van der Waals surface area contributed by atoms with E-state index in [4.69, 9.17) is 9.47 Å². The summed E-state index contributed by atoms with van der Waals surface area (Å²) in [7, 11) is 0. The fourth-order valence-electron chi connectivity index (χ4n) is 2.18. The van der Waals surface area contributed by atoms with Crippen molar-refractivity contribution in [1.29, 1.82) is 0 Å². The Balaban J connectivity index is 2.06. The number of esters is 1. The molecule has 0 bridgehead atoms. The average Bonchev–Trinajstić information content (AvgIpc) is 2.59. The van der Waals surface area contributed by atoms with Gasteiger partial charge in [-0.15, -0.1) is 0 Å². The number of ether oxygens (including phenoxy) is 2. The smallest absolute Gasteiger partial charge is 0.343 e. The quantitative estimate of drug-likeness (QED) is 0.221. The Morgan fingerprint density at radius 3 is 2.21 bits per heavy atom. The largest absolute Gasteiger partial charge is 0.507 e. The molecular weight excluding hydrogens is 820 g/mol. The van der Waals surface area contributed by atoms with E-state index in [0.717, 1.165) is 3.57 Å². The maximum atomic E-state index is 12.3. The van der Waals surface area contributed by atoms with Crippen LogP contribution < -0.4 is 4.74 Å². The summed E-state index contributed by atoms with van der Waals surface area (Å²) in [5.41, 5.74) is 0.951. The van der Waals surface area contributed by atoms with Gasteiger partial charge in [0.25, 0.3) is 0 Å². The summed E-state index contributed by atoms with van der Waals surface area (Å²) in [5.74, 6) is -1.45. The van der Waals surface area contributed by atoms with Gasteiger partial charge in [-0.25, -0.2) is 9.59 Å². The van der Waals surface area contributed by atoms with Gasteiger partial charge in [0.15, 0.2) is 0 Å². The van der Waals surface area contributed by atoms with Crippen molar-refractivity contribution >= 4 is 108 Å². The molecule has 148 valence electrons. The Morgan fingerprint density at radius 1 is 1.00 bits per heavy atom. The van der Waals surface area contributed by atoms with Crippen LogP contribution in [0.15, 0.2) is 24.8 Å². The highest BCUT2D eigenvalue weighted by molar-refractivity contribution is 14.1. The molecule has 0 unspecified atom stereocenters. The van der Waals surface area contributed by atoms with Crippen LogP contribution in [0.4, 0.5) is 0 Å². The fourth-order valence-corrected chi connectivity index (χ4v) is 7.18. The van der Waals surface area contributed by atoms with Crippen molar-refractivity contribution in [3.63, 3.8) is 0 Å². The van der Waals surface area contributed by atoms with Gasteiger partial charge in [0.1, 0.15) is 30.3 Å². The molecule has 0 amide bonds. The summed E-state index contributed by atoms with van der Waals surface area (Å²) < 4.78 is 13.3. The molecule has 0 aliphatic heterocycles. The molecule has 0 aliphatic carbocycles. The summed E-state index contributed by atoms with van der Waals surface area (Å²) >= 11 is 7.91. The minimum Gasteiger partial charge on any atom is -0.507 e. The monoisotopic (exact) mass is 832 g/mol. The minimum absolute atomic E-state index is 0.0411. The fraction of sp³-hybridized carbons (Fsp3) is 0.111. The van der Waals surface area contributed by atoms with E-state index >= 15 is 0 Å². The zero-order valence-corrected chi connectivity index (χ0v) is 22.6. The number of hydrogen-bond acceptors (Lipinski definition) is 5. The number of carbonyl (C=O) groups is 2. The van der Waals surface area contributed by atoms with Crippen molar-refractivity contribution in [3.8, 4) is 11.5 Å². The first-order valence-corrected chi connectivity index (χ1v) is 11.8. The summed E-state index contributed by atoms with van der Waals surface area (Å²) in [4.78, 5) is 23.7. The molecular formula is C18H12I4O6. The van der Waals surface area contributed by atoms with Gasteiger partial charge in [-0.3, -0.25) is 0 Å². The third-order valence-electron chi connectivity index (χ3n) is 3.44. The van der Waals surface area contributed by atoms with Crippen LogP contribution in [-0.2, 0) is 4.74 Å². The first kappa shape index (κ1) is 23.9. The predicted octanol–water partition coefficient (Wildman–Crippen LogP) is 5.39. The number of carbonyl (C=O) groups excluding carboxylic acids is 1. The van der Waals surface area contributed by atoms with Crippen molar-refractivity contribution in [2.24, 2.45) is 0 Å². The number of aromatic hydroxyl groups is 1. The number of benzene rings is 2. The number of carboxylic acids is 1. The third-order valence-corrected chi connectivity index (χ3v) is 6.97. The summed E-state index contributed by atoms with van der Waals surface area (Å²) in [6.07, 6.45) is 1.57. The number of hydrogen-bond donors (Lipinski definition) is 2. The molecule has 0 spiro atoms. The van der Waals surface area contributed by atoms with Crippen LogP contribution in [0, 0.1) is 14.3 Å². The molecule has 0 atom stereocenters. The first-order chi connectivity index (χ1) is 13.2. The number of carboxylic acid groups (broad SMARTS) is 1. The average molecular weight is 832 g/mol. The van der Waals surface area contributed by atoms with Crippen molar-refractivity contribution < 1.29 is 29.3 Å². The van der Waals surface area contributed by atoms with Crippen LogP contribution in [0.25, 0.3) is 6.08 Å². The molecule has 0 aromatic heterocycles. The molecule has 2 rings (SSSR count). The Hall–Kier alpha value is -0.360. The van der Waals surface area contributed by atoms with Gasteiger partial charge >= 0.3 is 11.9 Å². The topological polar surface area (TPSA) is 93.1 Å². The predicted molar refractivity (Wildman–Crippen MR) is 138 cm³/mol. The van der Waals surface area contributed by atoms with Crippen molar-refractivity contribution in [3.05, 3.63) is 55.7 Å². The molecule has 10 heteroatoms. The lowest BCUT2D eigenvalue weighted by molar-refractivity contribution is 0.0445. The normalized spacial score (nSPS) is 10.4. The van der Waals surface area contributed by atoms with Gasteiger partial charge in [-0.05, 0) is 114 Å². The molecule has 0 saturated heterocycles. The number of phenols is 1. The molecule has 2 aromatic rings. The highest BCUT2D eigenvalue weighted by Crippen LogP contribution is 2.33. The molecule has 2 N–H and O–H groups in total. The Kier molecular flexibility index (Phi) is 9.06. The lowest BCUT2D eigenvalue weighted by Gasteiger charge is -2.14. The number of aromatic carboxylic acids is 1. The van der Waals surface area contributed by atoms with E-state index in [1.807, 2.05) is 67.8 Å². The Labute approximate surface area is 215 Å². The van der Waals surface area contributed by atoms with Crippen LogP contribution in [0.3, 0.4) is 0 Å². The van der Waals surface area contributed by atoms with E-state index in [9.17, 15) is 19.8 Å². The standard InChI is InChI=1S/C18H12I4O6/c1-2-8-5-9(19)13(12(23)6-8)18(26)28-4-3-27-16-11(21)7-10(20)14(15(16)22)17(24)25/h2,5-7,23H,1,3-4H2,(H,24,25). The van der Waals surface area contributed by atoms with Gasteiger partial charge in [0.05, 0.1) is 12.7 Å². The van der Waals surface area contributed by atoms with Crippen LogP contribution >= 0.6 is 90.4 Å². The Bertz CT molecular complexity index is 935. The zero-order chi connectivity index (χ0) is 21.0. The highest BCUT2D eigenvalue weighted by Gasteiger charge is 2.21. The summed E-state index contributed by atoms with van der Waals surface area (Å²) in [6, 6.07) is 4.87. The zero-order valence-electron chi connectivity index (χ0n) is 14.0. The van der Waals surface area contributed by atoms with E-state index in [2.05, 4.69) is 29.2 Å². The van der Waals surface area contributed by atoms with Crippen LogP contribution in [-0.4, -0.2) is 35.4 Å². The molecule has 0 fully saturated rings. The van der Waals surface area contributed by atoms with E-state index in [1.54, 1.807) is 18.2 Å². The lowest BCUT2D eigenvalue weighted by atomic mass is 10.1. The second kappa shape index (κ2) is 10.6. The molecule has 28 heavy (non-hydrogen) atoms. The molecule has 0 radical (unpaired) electrons. The van der Waals surface area contributed by atoms with Gasteiger partial charge in [-0.2, -0.15) is 0 Å². The minimum atomic E-state index is -1.03.